The highest BCUT2D eigenvalue weighted by atomic mass is 35.5. The lowest BCUT2D eigenvalue weighted by Gasteiger charge is -2.28. The van der Waals surface area contributed by atoms with Gasteiger partial charge in [0.05, 0.1) is 39.8 Å². The quantitative estimate of drug-likeness (QED) is 0.756. The maximum absolute atomic E-state index is 6.09. The third-order valence-corrected chi connectivity index (χ3v) is 3.72. The third-order valence-electron chi connectivity index (χ3n) is 2.80. The molecule has 1 aliphatic rings. The molecule has 19 heavy (non-hydrogen) atoms. The maximum atomic E-state index is 6.09. The molecular weight excluding hydrogens is 305 g/mol. The molecule has 1 aromatic heterocycles. The van der Waals surface area contributed by atoms with Gasteiger partial charge in [-0.15, -0.1) is 0 Å². The van der Waals surface area contributed by atoms with Crippen molar-refractivity contribution in [2.24, 2.45) is 4.99 Å². The number of hydrogen-bond donors (Lipinski definition) is 0. The molecule has 0 saturated heterocycles. The lowest BCUT2D eigenvalue weighted by atomic mass is 10.2. The number of aromatic nitrogens is 1. The Bertz CT molecular complexity index is 656. The molecule has 96 valence electrons. The van der Waals surface area contributed by atoms with Crippen LogP contribution in [0.1, 0.15) is 0 Å². The molecule has 0 bridgehead atoms. The number of benzene rings is 1. The SMILES string of the molecule is ClC1=Nc2cc(Cl)c(Cl)cc2N(c2cccnc2)C1. The molecule has 0 amide bonds. The van der Waals surface area contributed by atoms with Crippen molar-refractivity contribution >= 4 is 57.0 Å². The van der Waals surface area contributed by atoms with Crippen molar-refractivity contribution < 1.29 is 0 Å². The van der Waals surface area contributed by atoms with Gasteiger partial charge in [-0.3, -0.25) is 4.98 Å². The first-order valence-corrected chi connectivity index (χ1v) is 6.68. The van der Waals surface area contributed by atoms with Crippen LogP contribution in [0.25, 0.3) is 0 Å². The Morgan fingerprint density at radius 2 is 1.89 bits per heavy atom. The summed E-state index contributed by atoms with van der Waals surface area (Å²) in [4.78, 5) is 10.4. The highest BCUT2D eigenvalue weighted by Crippen LogP contribution is 2.41. The van der Waals surface area contributed by atoms with Crippen LogP contribution >= 0.6 is 34.8 Å². The number of aliphatic imine (C=N–C) groups is 1. The van der Waals surface area contributed by atoms with Gasteiger partial charge in [0, 0.05) is 6.20 Å². The van der Waals surface area contributed by atoms with Crippen LogP contribution in [0, 0.1) is 0 Å². The van der Waals surface area contributed by atoms with Crippen LogP contribution in [-0.2, 0) is 0 Å². The first-order valence-electron chi connectivity index (χ1n) is 5.55. The van der Waals surface area contributed by atoms with Gasteiger partial charge >= 0.3 is 0 Å². The summed E-state index contributed by atoms with van der Waals surface area (Å²) in [5, 5.41) is 1.44. The maximum Gasteiger partial charge on any atom is 0.126 e. The van der Waals surface area contributed by atoms with Gasteiger partial charge in [-0.1, -0.05) is 34.8 Å². The number of pyridine rings is 1. The Labute approximate surface area is 125 Å². The summed E-state index contributed by atoms with van der Waals surface area (Å²) in [5.41, 5.74) is 2.50. The third kappa shape index (κ3) is 2.41. The Balaban J connectivity index is 2.16. The number of anilines is 2. The summed E-state index contributed by atoms with van der Waals surface area (Å²) >= 11 is 18.2. The summed E-state index contributed by atoms with van der Waals surface area (Å²) in [6, 6.07) is 7.32. The Hall–Kier alpha value is -1.29. The monoisotopic (exact) mass is 311 g/mol. The van der Waals surface area contributed by atoms with Crippen LogP contribution in [0.4, 0.5) is 17.1 Å². The molecule has 0 spiro atoms. The first-order chi connectivity index (χ1) is 9.15. The predicted octanol–water partition coefficient (Wildman–Crippen LogP) is 4.81. The van der Waals surface area contributed by atoms with E-state index in [1.165, 1.54) is 0 Å². The second kappa shape index (κ2) is 5.00. The fourth-order valence-corrected chi connectivity index (χ4v) is 2.48. The predicted molar refractivity (Wildman–Crippen MR) is 80.7 cm³/mol. The molecule has 1 aliphatic heterocycles. The summed E-state index contributed by atoms with van der Waals surface area (Å²) < 4.78 is 0. The molecule has 0 radical (unpaired) electrons. The number of nitrogens with zero attached hydrogens (tertiary/aromatic N) is 3. The van der Waals surface area contributed by atoms with E-state index in [-0.39, 0.29) is 0 Å². The van der Waals surface area contributed by atoms with E-state index in [1.54, 1.807) is 24.5 Å². The number of hydrogen-bond acceptors (Lipinski definition) is 3. The highest BCUT2D eigenvalue weighted by molar-refractivity contribution is 6.66. The zero-order valence-electron chi connectivity index (χ0n) is 9.65. The molecule has 0 unspecified atom stereocenters. The van der Waals surface area contributed by atoms with Crippen molar-refractivity contribution in [1.82, 2.24) is 4.98 Å². The van der Waals surface area contributed by atoms with E-state index in [2.05, 4.69) is 9.98 Å². The van der Waals surface area contributed by atoms with Crippen molar-refractivity contribution in [3.63, 3.8) is 0 Å². The van der Waals surface area contributed by atoms with E-state index in [9.17, 15) is 0 Å². The van der Waals surface area contributed by atoms with E-state index >= 15 is 0 Å². The topological polar surface area (TPSA) is 28.5 Å². The molecule has 0 N–H and O–H groups in total. The van der Waals surface area contributed by atoms with Crippen LogP contribution in [0.5, 0.6) is 0 Å². The minimum absolute atomic E-state index is 0.460. The van der Waals surface area contributed by atoms with E-state index in [0.29, 0.717) is 27.4 Å². The van der Waals surface area contributed by atoms with E-state index in [0.717, 1.165) is 11.4 Å². The lowest BCUT2D eigenvalue weighted by Crippen LogP contribution is -2.25. The Kier molecular flexibility index (Phi) is 3.35. The van der Waals surface area contributed by atoms with Gasteiger partial charge in [-0.25, -0.2) is 4.99 Å². The van der Waals surface area contributed by atoms with Crippen LogP contribution < -0.4 is 4.90 Å². The van der Waals surface area contributed by atoms with Crippen molar-refractivity contribution in [1.29, 1.82) is 0 Å². The second-order valence-electron chi connectivity index (χ2n) is 4.04. The van der Waals surface area contributed by atoms with Crippen LogP contribution in [0.2, 0.25) is 10.0 Å². The van der Waals surface area contributed by atoms with Gasteiger partial charge < -0.3 is 4.90 Å². The molecule has 2 aromatic rings. The molecule has 1 aromatic carbocycles. The van der Waals surface area contributed by atoms with E-state index in [4.69, 9.17) is 34.8 Å². The van der Waals surface area contributed by atoms with Gasteiger partial charge in [0.1, 0.15) is 5.17 Å². The Morgan fingerprint density at radius 3 is 2.63 bits per heavy atom. The zero-order valence-corrected chi connectivity index (χ0v) is 11.9. The number of halogens is 3. The number of rotatable bonds is 1. The smallest absolute Gasteiger partial charge is 0.126 e. The van der Waals surface area contributed by atoms with Gasteiger partial charge in [0.15, 0.2) is 0 Å². The average molecular weight is 313 g/mol. The second-order valence-corrected chi connectivity index (χ2v) is 5.29. The minimum Gasteiger partial charge on any atom is -0.331 e. The zero-order chi connectivity index (χ0) is 13.4. The summed E-state index contributed by atoms with van der Waals surface area (Å²) in [7, 11) is 0. The molecule has 0 atom stereocenters. The Morgan fingerprint density at radius 1 is 1.11 bits per heavy atom. The minimum atomic E-state index is 0.460. The highest BCUT2D eigenvalue weighted by Gasteiger charge is 2.21. The molecule has 0 saturated carbocycles. The van der Waals surface area contributed by atoms with Gasteiger partial charge in [0.2, 0.25) is 0 Å². The summed E-state index contributed by atoms with van der Waals surface area (Å²) in [6.45, 7) is 0.484. The molecule has 2 heterocycles. The standard InChI is InChI=1S/C13H8Cl3N3/c14-9-4-11-12(5-10(9)15)19(7-13(16)18-11)8-2-1-3-17-6-8/h1-6H,7H2. The van der Waals surface area contributed by atoms with Gasteiger partial charge in [0.25, 0.3) is 0 Å². The van der Waals surface area contributed by atoms with E-state index < -0.39 is 0 Å². The summed E-state index contributed by atoms with van der Waals surface area (Å²) in [5.74, 6) is 0. The van der Waals surface area contributed by atoms with Crippen molar-refractivity contribution in [2.75, 3.05) is 11.4 Å². The van der Waals surface area contributed by atoms with Crippen molar-refractivity contribution in [3.8, 4) is 0 Å². The largest absolute Gasteiger partial charge is 0.331 e. The van der Waals surface area contributed by atoms with Crippen LogP contribution in [-0.4, -0.2) is 16.7 Å². The molecule has 6 heteroatoms. The fourth-order valence-electron chi connectivity index (χ4n) is 1.96. The molecule has 0 aliphatic carbocycles. The van der Waals surface area contributed by atoms with Crippen LogP contribution in [0.15, 0.2) is 41.7 Å². The molecule has 3 rings (SSSR count). The van der Waals surface area contributed by atoms with E-state index in [1.807, 2.05) is 17.0 Å². The van der Waals surface area contributed by atoms with Crippen LogP contribution in [0.3, 0.4) is 0 Å². The lowest BCUT2D eigenvalue weighted by molar-refractivity contribution is 1.09. The fraction of sp³-hybridized carbons (Fsp3) is 0.0769. The molecule has 0 fully saturated rings. The average Bonchev–Trinajstić information content (AvgIpc) is 2.41. The molecular formula is C13H8Cl3N3. The molecule has 3 nitrogen and oxygen atoms in total. The normalized spacial score (nSPS) is 14.1. The van der Waals surface area contributed by atoms with Crippen molar-refractivity contribution in [2.45, 2.75) is 0 Å². The first kappa shape index (κ1) is 12.7. The van der Waals surface area contributed by atoms with Crippen molar-refractivity contribution in [3.05, 3.63) is 46.7 Å². The number of fused-ring (bicyclic) bond motifs is 1. The van der Waals surface area contributed by atoms with Gasteiger partial charge in [-0.2, -0.15) is 0 Å². The van der Waals surface area contributed by atoms with Gasteiger partial charge in [-0.05, 0) is 24.3 Å². The summed E-state index contributed by atoms with van der Waals surface area (Å²) in [6.07, 6.45) is 3.49.